The van der Waals surface area contributed by atoms with Crippen molar-refractivity contribution in [2.75, 3.05) is 20.0 Å². The number of nitrogens with zero attached hydrogens (tertiary/aromatic N) is 1. The highest BCUT2D eigenvalue weighted by Gasteiger charge is 2.32. The van der Waals surface area contributed by atoms with E-state index in [4.69, 9.17) is 14.7 Å². The van der Waals surface area contributed by atoms with E-state index in [0.717, 1.165) is 0 Å². The van der Waals surface area contributed by atoms with Crippen LogP contribution in [0.1, 0.15) is 13.8 Å². The molecule has 4 heteroatoms. The monoisotopic (exact) mass is 159 g/mol. The first-order valence-electron chi connectivity index (χ1n) is 3.54. The number of oxime groups is 1. The first-order chi connectivity index (χ1) is 5.19. The molecule has 4 nitrogen and oxygen atoms in total. The Morgan fingerprint density at radius 2 is 2.00 bits per heavy atom. The third-order valence-electron chi connectivity index (χ3n) is 2.03. The van der Waals surface area contributed by atoms with Crippen LogP contribution in [0.2, 0.25) is 0 Å². The van der Waals surface area contributed by atoms with Crippen LogP contribution in [0.3, 0.4) is 0 Å². The van der Waals surface area contributed by atoms with Gasteiger partial charge in [0.15, 0.2) is 0 Å². The molecule has 0 aromatic carbocycles. The molecule has 0 amide bonds. The number of rotatable bonds is 1. The highest BCUT2D eigenvalue weighted by molar-refractivity contribution is 5.87. The van der Waals surface area contributed by atoms with E-state index in [2.05, 4.69) is 5.16 Å². The molecule has 0 aromatic heterocycles. The van der Waals surface area contributed by atoms with Gasteiger partial charge in [0, 0.05) is 0 Å². The molecule has 0 unspecified atom stereocenters. The van der Waals surface area contributed by atoms with Gasteiger partial charge in [-0.3, -0.25) is 0 Å². The van der Waals surface area contributed by atoms with Gasteiger partial charge in [-0.15, -0.1) is 0 Å². The molecule has 1 saturated heterocycles. The van der Waals surface area contributed by atoms with Crippen molar-refractivity contribution in [2.24, 2.45) is 10.6 Å². The molecule has 1 fully saturated rings. The summed E-state index contributed by atoms with van der Waals surface area (Å²) in [5.41, 5.74) is 0.393. The van der Waals surface area contributed by atoms with Crippen molar-refractivity contribution in [1.82, 2.24) is 0 Å². The smallest absolute Gasteiger partial charge is 0.146 e. The number of hydrogen-bond donors (Lipinski definition) is 1. The zero-order valence-corrected chi connectivity index (χ0v) is 6.83. The zero-order chi connectivity index (χ0) is 8.32. The lowest BCUT2D eigenvalue weighted by atomic mass is 9.87. The maximum atomic E-state index is 8.53. The van der Waals surface area contributed by atoms with Crippen molar-refractivity contribution in [1.29, 1.82) is 0 Å². The average molecular weight is 159 g/mol. The summed E-state index contributed by atoms with van der Waals surface area (Å²) in [5.74, 6) is 0. The Kier molecular flexibility index (Phi) is 2.46. The second kappa shape index (κ2) is 3.19. The molecule has 64 valence electrons. The van der Waals surface area contributed by atoms with E-state index in [1.165, 1.54) is 0 Å². The van der Waals surface area contributed by atoms with Gasteiger partial charge in [0.25, 0.3) is 0 Å². The van der Waals surface area contributed by atoms with E-state index in [0.29, 0.717) is 25.7 Å². The van der Waals surface area contributed by atoms with Gasteiger partial charge in [-0.2, -0.15) is 0 Å². The van der Waals surface area contributed by atoms with Gasteiger partial charge < -0.3 is 14.7 Å². The Hall–Kier alpha value is -0.610. The molecule has 0 radical (unpaired) electrons. The van der Waals surface area contributed by atoms with E-state index in [-0.39, 0.29) is 5.41 Å². The van der Waals surface area contributed by atoms with Crippen molar-refractivity contribution in [3.8, 4) is 0 Å². The number of ether oxygens (including phenoxy) is 2. The lowest BCUT2D eigenvalue weighted by molar-refractivity contribution is -0.138. The Morgan fingerprint density at radius 1 is 1.45 bits per heavy atom. The predicted molar refractivity (Wildman–Crippen MR) is 39.8 cm³/mol. The van der Waals surface area contributed by atoms with Crippen LogP contribution < -0.4 is 0 Å². The molecule has 0 aromatic rings. The molecule has 1 N–H and O–H groups in total. The highest BCUT2D eigenvalue weighted by Crippen LogP contribution is 2.22. The van der Waals surface area contributed by atoms with Crippen LogP contribution in [-0.4, -0.2) is 30.9 Å². The molecule has 1 rings (SSSR count). The molecular formula is C7H13NO3. The van der Waals surface area contributed by atoms with Gasteiger partial charge >= 0.3 is 0 Å². The van der Waals surface area contributed by atoms with Crippen molar-refractivity contribution in [3.63, 3.8) is 0 Å². The van der Waals surface area contributed by atoms with Gasteiger partial charge in [0.05, 0.1) is 24.3 Å². The fraction of sp³-hybridized carbons (Fsp3) is 0.857. The van der Waals surface area contributed by atoms with Crippen LogP contribution >= 0.6 is 0 Å². The summed E-state index contributed by atoms with van der Waals surface area (Å²) in [5, 5.41) is 11.7. The molecule has 11 heavy (non-hydrogen) atoms. The van der Waals surface area contributed by atoms with Crippen molar-refractivity contribution >= 4 is 5.71 Å². The Labute approximate surface area is 65.8 Å². The summed E-state index contributed by atoms with van der Waals surface area (Å²) in [4.78, 5) is 0. The Morgan fingerprint density at radius 3 is 2.45 bits per heavy atom. The topological polar surface area (TPSA) is 51.1 Å². The first kappa shape index (κ1) is 8.49. The lowest BCUT2D eigenvalue weighted by Gasteiger charge is -2.32. The molecular weight excluding hydrogens is 146 g/mol. The SMILES string of the molecule is CC(=NO)C1(C)COCOC1. The summed E-state index contributed by atoms with van der Waals surface area (Å²) in [6.45, 7) is 5.17. The van der Waals surface area contributed by atoms with E-state index in [1.54, 1.807) is 6.92 Å². The standard InChI is InChI=1S/C7H13NO3/c1-6(8-9)7(2)3-10-5-11-4-7/h9H,3-5H2,1-2H3. The maximum Gasteiger partial charge on any atom is 0.146 e. The lowest BCUT2D eigenvalue weighted by Crippen LogP contribution is -2.40. The van der Waals surface area contributed by atoms with Gasteiger partial charge in [-0.05, 0) is 13.8 Å². The highest BCUT2D eigenvalue weighted by atomic mass is 16.7. The third kappa shape index (κ3) is 1.70. The quantitative estimate of drug-likeness (QED) is 0.350. The van der Waals surface area contributed by atoms with E-state index in [1.807, 2.05) is 6.92 Å². The van der Waals surface area contributed by atoms with Crippen molar-refractivity contribution in [3.05, 3.63) is 0 Å². The minimum absolute atomic E-state index is 0.257. The molecule has 0 spiro atoms. The fourth-order valence-electron chi connectivity index (χ4n) is 0.964. The minimum Gasteiger partial charge on any atom is -0.411 e. The zero-order valence-electron chi connectivity index (χ0n) is 6.83. The van der Waals surface area contributed by atoms with Gasteiger partial charge in [-0.1, -0.05) is 5.16 Å². The normalized spacial score (nSPS) is 25.1. The summed E-state index contributed by atoms with van der Waals surface area (Å²) in [6.07, 6.45) is 0. The molecule has 1 aliphatic rings. The van der Waals surface area contributed by atoms with Crippen molar-refractivity contribution < 1.29 is 14.7 Å². The Balaban J connectivity index is 2.64. The molecule has 1 aliphatic heterocycles. The molecule has 0 bridgehead atoms. The van der Waals surface area contributed by atoms with Crippen LogP contribution in [0.25, 0.3) is 0 Å². The summed E-state index contributed by atoms with van der Waals surface area (Å²) in [6, 6.07) is 0. The minimum atomic E-state index is -0.257. The predicted octanol–water partition coefficient (Wildman–Crippen LogP) is 0.847. The van der Waals surface area contributed by atoms with Crippen LogP contribution in [0, 0.1) is 5.41 Å². The van der Waals surface area contributed by atoms with E-state index < -0.39 is 0 Å². The van der Waals surface area contributed by atoms with Gasteiger partial charge in [0.1, 0.15) is 6.79 Å². The summed E-state index contributed by atoms with van der Waals surface area (Å²) in [7, 11) is 0. The first-order valence-corrected chi connectivity index (χ1v) is 3.54. The van der Waals surface area contributed by atoms with Crippen LogP contribution in [0.15, 0.2) is 5.16 Å². The van der Waals surface area contributed by atoms with Crippen LogP contribution in [-0.2, 0) is 9.47 Å². The largest absolute Gasteiger partial charge is 0.411 e. The van der Waals surface area contributed by atoms with E-state index >= 15 is 0 Å². The van der Waals surface area contributed by atoms with Gasteiger partial charge in [0.2, 0.25) is 0 Å². The molecule has 0 aliphatic carbocycles. The third-order valence-corrected chi connectivity index (χ3v) is 2.03. The fourth-order valence-corrected chi connectivity index (χ4v) is 0.964. The summed E-state index contributed by atoms with van der Waals surface area (Å²) < 4.78 is 10.2. The molecule has 0 atom stereocenters. The van der Waals surface area contributed by atoms with Crippen molar-refractivity contribution in [2.45, 2.75) is 13.8 Å². The average Bonchev–Trinajstić information content (AvgIpc) is 2.04. The van der Waals surface area contributed by atoms with E-state index in [9.17, 15) is 0 Å². The van der Waals surface area contributed by atoms with Crippen LogP contribution in [0.5, 0.6) is 0 Å². The second-order valence-corrected chi connectivity index (χ2v) is 3.06. The molecule has 0 saturated carbocycles. The molecule has 1 heterocycles. The Bertz CT molecular complexity index is 161. The van der Waals surface area contributed by atoms with Gasteiger partial charge in [-0.25, -0.2) is 0 Å². The van der Waals surface area contributed by atoms with Crippen LogP contribution in [0.4, 0.5) is 0 Å². The summed E-state index contributed by atoms with van der Waals surface area (Å²) >= 11 is 0. The maximum absolute atomic E-state index is 8.53. The second-order valence-electron chi connectivity index (χ2n) is 3.06. The number of hydrogen-bond acceptors (Lipinski definition) is 4.